The summed E-state index contributed by atoms with van der Waals surface area (Å²) in [6, 6.07) is 11.1. The summed E-state index contributed by atoms with van der Waals surface area (Å²) >= 11 is 12.1. The van der Waals surface area contributed by atoms with Gasteiger partial charge in [-0.05, 0) is 62.7 Å². The van der Waals surface area contributed by atoms with Crippen LogP contribution in [0.15, 0.2) is 47.4 Å². The van der Waals surface area contributed by atoms with Crippen LogP contribution in [0.5, 0.6) is 5.88 Å². The minimum Gasteiger partial charge on any atom is -0.472 e. The zero-order chi connectivity index (χ0) is 24.6. The Morgan fingerprint density at radius 3 is 2.66 bits per heavy atom. The molecule has 182 valence electrons. The predicted octanol–water partition coefficient (Wildman–Crippen LogP) is 4.57. The molecular formula is C23H22Cl2N6O3S. The first-order chi connectivity index (χ1) is 16.8. The number of rotatable bonds is 6. The van der Waals surface area contributed by atoms with Crippen molar-refractivity contribution in [2.45, 2.75) is 30.8 Å². The number of sulfonamides is 1. The number of aryl methyl sites for hydroxylation is 1. The molecule has 12 heteroatoms. The van der Waals surface area contributed by atoms with E-state index in [1.54, 1.807) is 24.3 Å². The van der Waals surface area contributed by atoms with Crippen molar-refractivity contribution in [2.75, 3.05) is 17.8 Å². The monoisotopic (exact) mass is 532 g/mol. The molecule has 0 amide bonds. The smallest absolute Gasteiger partial charge is 0.263 e. The van der Waals surface area contributed by atoms with Crippen LogP contribution in [-0.2, 0) is 10.0 Å². The zero-order valence-corrected chi connectivity index (χ0v) is 21.0. The molecule has 3 heterocycles. The average molecular weight is 533 g/mol. The first kappa shape index (κ1) is 23.8. The third-order valence-electron chi connectivity index (χ3n) is 5.69. The number of halogens is 2. The van der Waals surface area contributed by atoms with E-state index in [2.05, 4.69) is 30.2 Å². The van der Waals surface area contributed by atoms with E-state index in [4.69, 9.17) is 27.9 Å². The molecule has 3 N–H and O–H groups in total. The molecule has 1 aliphatic heterocycles. The summed E-state index contributed by atoms with van der Waals surface area (Å²) in [5.41, 5.74) is 2.37. The lowest BCUT2D eigenvalue weighted by atomic mass is 10.1. The lowest BCUT2D eigenvalue weighted by molar-refractivity contribution is 0.163. The first-order valence-corrected chi connectivity index (χ1v) is 13.2. The molecule has 9 nitrogen and oxygen atoms in total. The van der Waals surface area contributed by atoms with Crippen LogP contribution in [0.25, 0.3) is 22.4 Å². The van der Waals surface area contributed by atoms with E-state index in [-0.39, 0.29) is 21.0 Å². The standard InChI is InChI=1S/C23H22Cl2N6O3S/c1-13-19-22(30-29-13)27-21(28-23(19)34-16-4-3-11-26-12-16)14-7-9-15(10-8-14)31-35(32,33)18-6-2-5-17(24)20(18)25/h2,5-10,16,26,31H,3-4,11-12H2,1H3,(H,27,28,29,30). The molecule has 1 saturated heterocycles. The molecule has 0 bridgehead atoms. The van der Waals surface area contributed by atoms with E-state index in [1.807, 2.05) is 6.92 Å². The van der Waals surface area contributed by atoms with Crippen LogP contribution in [0, 0.1) is 6.92 Å². The summed E-state index contributed by atoms with van der Waals surface area (Å²) in [5, 5.41) is 11.5. The van der Waals surface area contributed by atoms with E-state index in [1.165, 1.54) is 18.2 Å². The van der Waals surface area contributed by atoms with Gasteiger partial charge in [0.15, 0.2) is 11.5 Å². The zero-order valence-electron chi connectivity index (χ0n) is 18.7. The molecule has 0 radical (unpaired) electrons. The number of ether oxygens (including phenoxy) is 1. The Balaban J connectivity index is 1.43. The second-order valence-corrected chi connectivity index (χ2v) is 10.7. The SMILES string of the molecule is Cc1[nH]nc2nc(-c3ccc(NS(=O)(=O)c4cccc(Cl)c4Cl)cc3)nc(OC3CCCNC3)c12. The topological polar surface area (TPSA) is 122 Å². The highest BCUT2D eigenvalue weighted by Crippen LogP contribution is 2.32. The van der Waals surface area contributed by atoms with Crippen molar-refractivity contribution in [3.8, 4) is 17.3 Å². The normalized spacial score (nSPS) is 16.4. The quantitative estimate of drug-likeness (QED) is 0.332. The lowest BCUT2D eigenvalue weighted by Crippen LogP contribution is -2.37. The Labute approximate surface area is 212 Å². The number of hydrogen-bond donors (Lipinski definition) is 3. The molecule has 1 atom stereocenters. The Morgan fingerprint density at radius 2 is 1.91 bits per heavy atom. The van der Waals surface area contributed by atoms with Crippen molar-refractivity contribution in [1.29, 1.82) is 0 Å². The van der Waals surface area contributed by atoms with Gasteiger partial charge >= 0.3 is 0 Å². The minimum atomic E-state index is -3.93. The van der Waals surface area contributed by atoms with Gasteiger partial charge < -0.3 is 10.1 Å². The van der Waals surface area contributed by atoms with Crippen LogP contribution < -0.4 is 14.8 Å². The number of fused-ring (bicyclic) bond motifs is 1. The fourth-order valence-corrected chi connectivity index (χ4v) is 5.73. The van der Waals surface area contributed by atoms with Gasteiger partial charge in [-0.2, -0.15) is 10.1 Å². The maximum Gasteiger partial charge on any atom is 0.263 e. The van der Waals surface area contributed by atoms with Crippen LogP contribution in [-0.4, -0.2) is 47.8 Å². The highest BCUT2D eigenvalue weighted by Gasteiger charge is 2.22. The average Bonchev–Trinajstić information content (AvgIpc) is 3.22. The largest absolute Gasteiger partial charge is 0.472 e. The van der Waals surface area contributed by atoms with Gasteiger partial charge in [-0.15, -0.1) is 0 Å². The van der Waals surface area contributed by atoms with Gasteiger partial charge in [0.05, 0.1) is 10.0 Å². The van der Waals surface area contributed by atoms with Crippen molar-refractivity contribution in [1.82, 2.24) is 25.5 Å². The van der Waals surface area contributed by atoms with Gasteiger partial charge in [0, 0.05) is 23.5 Å². The third kappa shape index (κ3) is 4.92. The summed E-state index contributed by atoms with van der Waals surface area (Å²) in [5.74, 6) is 0.903. The van der Waals surface area contributed by atoms with Gasteiger partial charge in [0.25, 0.3) is 10.0 Å². The molecule has 1 fully saturated rings. The molecular weight excluding hydrogens is 511 g/mol. The minimum absolute atomic E-state index is 0.0131. The van der Waals surface area contributed by atoms with Gasteiger partial charge in [0.2, 0.25) is 5.88 Å². The second kappa shape index (κ2) is 9.62. The number of nitrogens with one attached hydrogen (secondary N) is 3. The van der Waals surface area contributed by atoms with Crippen molar-refractivity contribution < 1.29 is 13.2 Å². The summed E-state index contributed by atoms with van der Waals surface area (Å²) in [6.45, 7) is 3.63. The Kier molecular flexibility index (Phi) is 6.54. The molecule has 35 heavy (non-hydrogen) atoms. The van der Waals surface area contributed by atoms with Crippen LogP contribution >= 0.6 is 23.2 Å². The molecule has 0 aliphatic carbocycles. The number of hydrogen-bond acceptors (Lipinski definition) is 7. The lowest BCUT2D eigenvalue weighted by Gasteiger charge is -2.23. The van der Waals surface area contributed by atoms with Crippen LogP contribution in [0.1, 0.15) is 18.5 Å². The van der Waals surface area contributed by atoms with Crippen molar-refractivity contribution in [2.24, 2.45) is 0 Å². The van der Waals surface area contributed by atoms with Crippen LogP contribution in [0.2, 0.25) is 10.0 Å². The summed E-state index contributed by atoms with van der Waals surface area (Å²) < 4.78 is 34.4. The summed E-state index contributed by atoms with van der Waals surface area (Å²) in [6.07, 6.45) is 1.99. The Morgan fingerprint density at radius 1 is 1.11 bits per heavy atom. The Hall–Kier alpha value is -2.92. The molecule has 0 spiro atoms. The number of piperidine rings is 1. The van der Waals surface area contributed by atoms with Gasteiger partial charge in [-0.3, -0.25) is 9.82 Å². The predicted molar refractivity (Wildman–Crippen MR) is 136 cm³/mol. The number of benzene rings is 2. The number of anilines is 1. The van der Waals surface area contributed by atoms with Crippen molar-refractivity contribution in [3.05, 3.63) is 58.2 Å². The van der Waals surface area contributed by atoms with Gasteiger partial charge in [0.1, 0.15) is 16.4 Å². The molecule has 2 aromatic carbocycles. The highest BCUT2D eigenvalue weighted by atomic mass is 35.5. The highest BCUT2D eigenvalue weighted by molar-refractivity contribution is 7.92. The van der Waals surface area contributed by atoms with E-state index < -0.39 is 10.0 Å². The Bertz CT molecular complexity index is 1490. The molecule has 2 aromatic heterocycles. The molecule has 4 aromatic rings. The van der Waals surface area contributed by atoms with E-state index in [9.17, 15) is 8.42 Å². The van der Waals surface area contributed by atoms with E-state index in [0.717, 1.165) is 37.0 Å². The van der Waals surface area contributed by atoms with Crippen LogP contribution in [0.3, 0.4) is 0 Å². The number of aromatic nitrogens is 4. The van der Waals surface area contributed by atoms with Gasteiger partial charge in [-0.1, -0.05) is 29.3 Å². The summed E-state index contributed by atoms with van der Waals surface area (Å²) in [4.78, 5) is 9.15. The van der Waals surface area contributed by atoms with E-state index in [0.29, 0.717) is 28.6 Å². The summed E-state index contributed by atoms with van der Waals surface area (Å²) in [7, 11) is -3.93. The molecule has 1 aliphatic rings. The number of aromatic amines is 1. The number of H-pyrrole nitrogens is 1. The van der Waals surface area contributed by atoms with Crippen molar-refractivity contribution >= 4 is 49.9 Å². The first-order valence-electron chi connectivity index (χ1n) is 11.0. The molecule has 0 saturated carbocycles. The third-order valence-corrected chi connectivity index (χ3v) is 8.05. The molecule has 1 unspecified atom stereocenters. The fraction of sp³-hybridized carbons (Fsp3) is 0.261. The second-order valence-electron chi connectivity index (χ2n) is 8.22. The molecule has 5 rings (SSSR count). The fourth-order valence-electron chi connectivity index (χ4n) is 3.91. The number of nitrogens with zero attached hydrogens (tertiary/aromatic N) is 3. The van der Waals surface area contributed by atoms with E-state index >= 15 is 0 Å². The van der Waals surface area contributed by atoms with Gasteiger partial charge in [-0.25, -0.2) is 13.4 Å². The van der Waals surface area contributed by atoms with Crippen LogP contribution in [0.4, 0.5) is 5.69 Å². The van der Waals surface area contributed by atoms with Crippen molar-refractivity contribution in [3.63, 3.8) is 0 Å². The maximum atomic E-state index is 12.8. The maximum absolute atomic E-state index is 12.8.